The smallest absolute Gasteiger partial charge is 0.161 e. The molecular formula is C9H8N2OS. The van der Waals surface area contributed by atoms with Crippen molar-refractivity contribution in [3.63, 3.8) is 0 Å². The fraction of sp³-hybridized carbons (Fsp3) is 0. The van der Waals surface area contributed by atoms with E-state index in [1.54, 1.807) is 12.4 Å². The Balaban J connectivity index is 2.20. The average Bonchev–Trinajstić information content (AvgIpc) is 2.54. The third-order valence-electron chi connectivity index (χ3n) is 1.52. The summed E-state index contributed by atoms with van der Waals surface area (Å²) < 4.78 is 5.47. The molecule has 0 spiro atoms. The Kier molecular flexibility index (Phi) is 2.14. The van der Waals surface area contributed by atoms with Gasteiger partial charge in [-0.05, 0) is 23.6 Å². The van der Waals surface area contributed by atoms with Crippen molar-refractivity contribution >= 4 is 16.3 Å². The van der Waals surface area contributed by atoms with E-state index in [4.69, 9.17) is 10.5 Å². The van der Waals surface area contributed by atoms with Crippen LogP contribution in [0.3, 0.4) is 0 Å². The zero-order valence-electron chi connectivity index (χ0n) is 6.81. The highest BCUT2D eigenvalue weighted by Gasteiger charge is 2.01. The molecule has 2 rings (SSSR count). The fourth-order valence-electron chi connectivity index (χ4n) is 0.928. The van der Waals surface area contributed by atoms with Gasteiger partial charge in [-0.15, -0.1) is 11.3 Å². The SMILES string of the molecule is Nc1sccc1Oc1cccnc1. The zero-order chi connectivity index (χ0) is 9.10. The van der Waals surface area contributed by atoms with Crippen molar-refractivity contribution in [2.24, 2.45) is 0 Å². The number of pyridine rings is 1. The lowest BCUT2D eigenvalue weighted by atomic mass is 10.4. The Hall–Kier alpha value is -1.55. The lowest BCUT2D eigenvalue weighted by Crippen LogP contribution is -1.87. The van der Waals surface area contributed by atoms with Gasteiger partial charge in [0, 0.05) is 6.20 Å². The van der Waals surface area contributed by atoms with Crippen LogP contribution in [-0.2, 0) is 0 Å². The van der Waals surface area contributed by atoms with Crippen LogP contribution < -0.4 is 10.5 Å². The minimum absolute atomic E-state index is 0.684. The number of ether oxygens (including phenoxy) is 1. The number of thiophene rings is 1. The van der Waals surface area contributed by atoms with Crippen molar-refractivity contribution in [2.45, 2.75) is 0 Å². The molecular weight excluding hydrogens is 184 g/mol. The van der Waals surface area contributed by atoms with Crippen molar-refractivity contribution in [3.05, 3.63) is 36.0 Å². The van der Waals surface area contributed by atoms with Crippen LogP contribution in [0.25, 0.3) is 0 Å². The van der Waals surface area contributed by atoms with Crippen LogP contribution in [0, 0.1) is 0 Å². The molecule has 0 saturated carbocycles. The molecule has 2 heterocycles. The van der Waals surface area contributed by atoms with E-state index < -0.39 is 0 Å². The van der Waals surface area contributed by atoms with E-state index >= 15 is 0 Å². The lowest BCUT2D eigenvalue weighted by Gasteiger charge is -2.02. The van der Waals surface area contributed by atoms with Crippen molar-refractivity contribution in [2.75, 3.05) is 5.73 Å². The molecule has 13 heavy (non-hydrogen) atoms. The Morgan fingerprint density at radius 3 is 2.92 bits per heavy atom. The molecule has 2 aromatic rings. The quantitative estimate of drug-likeness (QED) is 0.795. The third kappa shape index (κ3) is 1.78. The molecule has 4 heteroatoms. The van der Waals surface area contributed by atoms with E-state index in [0.29, 0.717) is 16.5 Å². The van der Waals surface area contributed by atoms with Gasteiger partial charge in [-0.3, -0.25) is 4.98 Å². The highest BCUT2D eigenvalue weighted by molar-refractivity contribution is 7.14. The highest BCUT2D eigenvalue weighted by Crippen LogP contribution is 2.31. The van der Waals surface area contributed by atoms with Crippen LogP contribution in [0.2, 0.25) is 0 Å². The molecule has 0 aliphatic carbocycles. The van der Waals surface area contributed by atoms with Crippen LogP contribution in [0.4, 0.5) is 5.00 Å². The molecule has 0 atom stereocenters. The van der Waals surface area contributed by atoms with Crippen molar-refractivity contribution in [1.82, 2.24) is 4.98 Å². The van der Waals surface area contributed by atoms with Gasteiger partial charge in [-0.2, -0.15) is 0 Å². The monoisotopic (exact) mass is 192 g/mol. The molecule has 0 aliphatic heterocycles. The summed E-state index contributed by atoms with van der Waals surface area (Å²) in [6.07, 6.45) is 3.35. The summed E-state index contributed by atoms with van der Waals surface area (Å²) in [6, 6.07) is 5.50. The molecule has 0 bridgehead atoms. The summed E-state index contributed by atoms with van der Waals surface area (Å²) in [6.45, 7) is 0. The van der Waals surface area contributed by atoms with Gasteiger partial charge in [0.05, 0.1) is 6.20 Å². The normalized spacial score (nSPS) is 9.85. The molecule has 0 aromatic carbocycles. The number of hydrogen-bond acceptors (Lipinski definition) is 4. The minimum atomic E-state index is 0.684. The number of hydrogen-bond donors (Lipinski definition) is 1. The zero-order valence-corrected chi connectivity index (χ0v) is 7.62. The van der Waals surface area contributed by atoms with Crippen LogP contribution in [0.1, 0.15) is 0 Å². The first-order valence-corrected chi connectivity index (χ1v) is 4.65. The number of nitrogen functional groups attached to an aromatic ring is 1. The van der Waals surface area contributed by atoms with Gasteiger partial charge in [0.1, 0.15) is 10.8 Å². The summed E-state index contributed by atoms with van der Waals surface area (Å²) in [4.78, 5) is 3.93. The maximum Gasteiger partial charge on any atom is 0.161 e. The van der Waals surface area contributed by atoms with E-state index in [2.05, 4.69) is 4.98 Å². The molecule has 2 aromatic heterocycles. The van der Waals surface area contributed by atoms with Gasteiger partial charge in [0.15, 0.2) is 5.75 Å². The van der Waals surface area contributed by atoms with E-state index in [9.17, 15) is 0 Å². The van der Waals surface area contributed by atoms with Crippen LogP contribution in [-0.4, -0.2) is 4.98 Å². The van der Waals surface area contributed by atoms with Crippen LogP contribution >= 0.6 is 11.3 Å². The molecule has 66 valence electrons. The second-order valence-electron chi connectivity index (χ2n) is 2.44. The lowest BCUT2D eigenvalue weighted by molar-refractivity contribution is 0.484. The molecule has 0 unspecified atom stereocenters. The predicted molar refractivity (Wildman–Crippen MR) is 53.0 cm³/mol. The molecule has 0 amide bonds. The van der Waals surface area contributed by atoms with Crippen LogP contribution in [0.15, 0.2) is 36.0 Å². The Labute approximate surface area is 79.8 Å². The van der Waals surface area contributed by atoms with Gasteiger partial charge in [-0.1, -0.05) is 0 Å². The summed E-state index contributed by atoms with van der Waals surface area (Å²) in [5.41, 5.74) is 5.66. The summed E-state index contributed by atoms with van der Waals surface area (Å²) in [7, 11) is 0. The Morgan fingerprint density at radius 2 is 2.31 bits per heavy atom. The molecule has 0 aliphatic rings. The maximum atomic E-state index is 5.66. The van der Waals surface area contributed by atoms with Gasteiger partial charge in [0.25, 0.3) is 0 Å². The number of rotatable bonds is 2. The van der Waals surface area contributed by atoms with Crippen molar-refractivity contribution < 1.29 is 4.74 Å². The molecule has 3 nitrogen and oxygen atoms in total. The predicted octanol–water partition coefficient (Wildman–Crippen LogP) is 2.52. The van der Waals surface area contributed by atoms with Crippen LogP contribution in [0.5, 0.6) is 11.5 Å². The largest absolute Gasteiger partial charge is 0.453 e. The number of anilines is 1. The van der Waals surface area contributed by atoms with E-state index in [-0.39, 0.29) is 0 Å². The number of nitrogens with two attached hydrogens (primary N) is 1. The van der Waals surface area contributed by atoms with E-state index in [1.807, 2.05) is 23.6 Å². The second-order valence-corrected chi connectivity index (χ2v) is 3.39. The Morgan fingerprint density at radius 1 is 1.38 bits per heavy atom. The molecule has 0 saturated heterocycles. The standard InChI is InChI=1S/C9H8N2OS/c10-9-8(3-5-13-9)12-7-2-1-4-11-6-7/h1-6H,10H2. The first kappa shape index (κ1) is 8.07. The summed E-state index contributed by atoms with van der Waals surface area (Å²) >= 11 is 1.46. The van der Waals surface area contributed by atoms with E-state index in [1.165, 1.54) is 11.3 Å². The van der Waals surface area contributed by atoms with E-state index in [0.717, 1.165) is 0 Å². The number of nitrogens with zero attached hydrogens (tertiary/aromatic N) is 1. The summed E-state index contributed by atoms with van der Waals surface area (Å²) in [5, 5.41) is 2.57. The fourth-order valence-corrected chi connectivity index (χ4v) is 1.49. The van der Waals surface area contributed by atoms with Gasteiger partial charge in [0.2, 0.25) is 0 Å². The number of aromatic nitrogens is 1. The third-order valence-corrected chi connectivity index (χ3v) is 2.25. The first-order chi connectivity index (χ1) is 6.36. The van der Waals surface area contributed by atoms with Crippen molar-refractivity contribution in [1.29, 1.82) is 0 Å². The molecule has 2 N–H and O–H groups in total. The second kappa shape index (κ2) is 3.45. The highest BCUT2D eigenvalue weighted by atomic mass is 32.1. The first-order valence-electron chi connectivity index (χ1n) is 3.77. The molecule has 0 radical (unpaired) electrons. The van der Waals surface area contributed by atoms with Gasteiger partial charge in [-0.25, -0.2) is 0 Å². The maximum absolute atomic E-state index is 5.66. The molecule has 0 fully saturated rings. The summed E-state index contributed by atoms with van der Waals surface area (Å²) in [5.74, 6) is 1.39. The van der Waals surface area contributed by atoms with Gasteiger partial charge < -0.3 is 10.5 Å². The average molecular weight is 192 g/mol. The Bertz CT molecular complexity index is 386. The minimum Gasteiger partial charge on any atom is -0.453 e. The van der Waals surface area contributed by atoms with Crippen molar-refractivity contribution in [3.8, 4) is 11.5 Å². The van der Waals surface area contributed by atoms with Gasteiger partial charge >= 0.3 is 0 Å². The topological polar surface area (TPSA) is 48.1 Å².